The first kappa shape index (κ1) is 8.73. The molecule has 0 spiro atoms. The lowest BCUT2D eigenvalue weighted by atomic mass is 10.0. The summed E-state index contributed by atoms with van der Waals surface area (Å²) in [6.07, 6.45) is 3.73. The Morgan fingerprint density at radius 2 is 2.00 bits per heavy atom. The molecule has 70 valence electrons. The van der Waals surface area contributed by atoms with Gasteiger partial charge < -0.3 is 0 Å². The summed E-state index contributed by atoms with van der Waals surface area (Å²) >= 11 is 0. The monoisotopic (exact) mass is 176 g/mol. The molecule has 0 aliphatic heterocycles. The Hall–Kier alpha value is -0.860. The van der Waals surface area contributed by atoms with E-state index in [0.29, 0.717) is 6.04 Å². The second kappa shape index (κ2) is 3.90. The van der Waals surface area contributed by atoms with E-state index in [2.05, 4.69) is 29.7 Å². The van der Waals surface area contributed by atoms with Gasteiger partial charge in [0.05, 0.1) is 0 Å². The zero-order valence-corrected chi connectivity index (χ0v) is 7.74. The summed E-state index contributed by atoms with van der Waals surface area (Å²) in [6, 6.07) is 11.0. The van der Waals surface area contributed by atoms with Gasteiger partial charge in [-0.05, 0) is 30.7 Å². The van der Waals surface area contributed by atoms with Crippen LogP contribution in [-0.2, 0) is 6.42 Å². The number of benzene rings is 1. The zero-order chi connectivity index (χ0) is 9.10. The minimum Gasteiger partial charge on any atom is -0.271 e. The summed E-state index contributed by atoms with van der Waals surface area (Å²) in [5, 5.41) is 0. The van der Waals surface area contributed by atoms with Gasteiger partial charge in [0.1, 0.15) is 0 Å². The van der Waals surface area contributed by atoms with E-state index in [1.54, 1.807) is 0 Å². The number of rotatable bonds is 4. The average molecular weight is 176 g/mol. The van der Waals surface area contributed by atoms with E-state index in [0.717, 1.165) is 12.3 Å². The van der Waals surface area contributed by atoms with Crippen molar-refractivity contribution in [2.24, 2.45) is 11.8 Å². The van der Waals surface area contributed by atoms with Crippen LogP contribution in [0.2, 0.25) is 0 Å². The smallest absolute Gasteiger partial charge is 0.0279 e. The van der Waals surface area contributed by atoms with Crippen molar-refractivity contribution in [3.05, 3.63) is 35.9 Å². The molecule has 2 heteroatoms. The van der Waals surface area contributed by atoms with Crippen LogP contribution in [0.4, 0.5) is 0 Å². The van der Waals surface area contributed by atoms with Gasteiger partial charge in [-0.15, -0.1) is 0 Å². The van der Waals surface area contributed by atoms with Gasteiger partial charge in [0, 0.05) is 6.04 Å². The summed E-state index contributed by atoms with van der Waals surface area (Å²) in [5.41, 5.74) is 4.29. The highest BCUT2D eigenvalue weighted by Crippen LogP contribution is 2.33. The molecule has 1 aromatic rings. The molecule has 0 saturated heterocycles. The predicted molar refractivity (Wildman–Crippen MR) is 54.0 cm³/mol. The van der Waals surface area contributed by atoms with Crippen LogP contribution in [0.5, 0.6) is 0 Å². The van der Waals surface area contributed by atoms with Gasteiger partial charge in [0.25, 0.3) is 0 Å². The quantitative estimate of drug-likeness (QED) is 0.538. The highest BCUT2D eigenvalue weighted by molar-refractivity contribution is 5.16. The Balaban J connectivity index is 1.95. The number of hydrogen-bond acceptors (Lipinski definition) is 2. The molecule has 1 aliphatic carbocycles. The molecule has 2 nitrogen and oxygen atoms in total. The van der Waals surface area contributed by atoms with Gasteiger partial charge in [-0.3, -0.25) is 11.3 Å². The topological polar surface area (TPSA) is 38.0 Å². The number of hydrogen-bond donors (Lipinski definition) is 2. The molecule has 1 fully saturated rings. The molecule has 0 heterocycles. The van der Waals surface area contributed by atoms with E-state index in [-0.39, 0.29) is 0 Å². The predicted octanol–water partition coefficient (Wildman–Crippen LogP) is 1.47. The SMILES string of the molecule is NNC(Cc1ccccc1)C1CC1. The molecule has 13 heavy (non-hydrogen) atoms. The van der Waals surface area contributed by atoms with Crippen LogP contribution in [-0.4, -0.2) is 6.04 Å². The highest BCUT2D eigenvalue weighted by atomic mass is 15.2. The third kappa shape index (κ3) is 2.29. The third-order valence-corrected chi connectivity index (χ3v) is 2.70. The standard InChI is InChI=1S/C11H16N2/c12-13-11(10-6-7-10)8-9-4-2-1-3-5-9/h1-5,10-11,13H,6-8,12H2. The molecule has 0 bridgehead atoms. The largest absolute Gasteiger partial charge is 0.271 e. The lowest BCUT2D eigenvalue weighted by Crippen LogP contribution is -2.38. The highest BCUT2D eigenvalue weighted by Gasteiger charge is 2.30. The van der Waals surface area contributed by atoms with Crippen LogP contribution in [0.15, 0.2) is 30.3 Å². The maximum Gasteiger partial charge on any atom is 0.0279 e. The van der Waals surface area contributed by atoms with Crippen molar-refractivity contribution in [1.82, 2.24) is 5.43 Å². The lowest BCUT2D eigenvalue weighted by Gasteiger charge is -2.14. The van der Waals surface area contributed by atoms with E-state index in [1.165, 1.54) is 18.4 Å². The van der Waals surface area contributed by atoms with Crippen molar-refractivity contribution in [2.75, 3.05) is 0 Å². The Labute approximate surface area is 79.1 Å². The minimum atomic E-state index is 0.474. The first-order valence-corrected chi connectivity index (χ1v) is 4.90. The molecule has 1 aromatic carbocycles. The van der Waals surface area contributed by atoms with Gasteiger partial charge in [0.15, 0.2) is 0 Å². The van der Waals surface area contributed by atoms with Crippen LogP contribution < -0.4 is 11.3 Å². The average Bonchev–Trinajstić information content (AvgIpc) is 2.99. The third-order valence-electron chi connectivity index (χ3n) is 2.70. The van der Waals surface area contributed by atoms with Crippen LogP contribution in [0, 0.1) is 5.92 Å². The van der Waals surface area contributed by atoms with Crippen LogP contribution >= 0.6 is 0 Å². The first-order chi connectivity index (χ1) is 6.40. The van der Waals surface area contributed by atoms with E-state index < -0.39 is 0 Å². The lowest BCUT2D eigenvalue weighted by molar-refractivity contribution is 0.472. The van der Waals surface area contributed by atoms with Crippen LogP contribution in [0.1, 0.15) is 18.4 Å². The maximum atomic E-state index is 5.51. The summed E-state index contributed by atoms with van der Waals surface area (Å²) < 4.78 is 0. The van der Waals surface area contributed by atoms with Crippen LogP contribution in [0.3, 0.4) is 0 Å². The fraction of sp³-hybridized carbons (Fsp3) is 0.455. The Kier molecular flexibility index (Phi) is 2.62. The van der Waals surface area contributed by atoms with Gasteiger partial charge in [-0.2, -0.15) is 0 Å². The van der Waals surface area contributed by atoms with Crippen molar-refractivity contribution in [1.29, 1.82) is 0 Å². The molecule has 1 unspecified atom stereocenters. The molecular formula is C11H16N2. The second-order valence-electron chi connectivity index (χ2n) is 3.80. The van der Waals surface area contributed by atoms with Crippen molar-refractivity contribution >= 4 is 0 Å². The van der Waals surface area contributed by atoms with Gasteiger partial charge in [-0.25, -0.2) is 0 Å². The Bertz CT molecular complexity index is 254. The zero-order valence-electron chi connectivity index (χ0n) is 7.74. The maximum absolute atomic E-state index is 5.51. The van der Waals surface area contributed by atoms with E-state index in [9.17, 15) is 0 Å². The summed E-state index contributed by atoms with van der Waals surface area (Å²) in [7, 11) is 0. The Morgan fingerprint density at radius 1 is 1.31 bits per heavy atom. The van der Waals surface area contributed by atoms with Crippen molar-refractivity contribution in [2.45, 2.75) is 25.3 Å². The molecule has 3 N–H and O–H groups in total. The van der Waals surface area contributed by atoms with E-state index in [1.807, 2.05) is 6.07 Å². The molecule has 0 amide bonds. The van der Waals surface area contributed by atoms with Gasteiger partial charge >= 0.3 is 0 Å². The summed E-state index contributed by atoms with van der Waals surface area (Å²) in [5.74, 6) is 6.32. The molecule has 2 rings (SSSR count). The molecular weight excluding hydrogens is 160 g/mol. The summed E-state index contributed by atoms with van der Waals surface area (Å²) in [4.78, 5) is 0. The number of hydrazine groups is 1. The molecule has 1 atom stereocenters. The van der Waals surface area contributed by atoms with Crippen molar-refractivity contribution in [3.8, 4) is 0 Å². The summed E-state index contributed by atoms with van der Waals surface area (Å²) in [6.45, 7) is 0. The molecule has 0 aromatic heterocycles. The minimum absolute atomic E-state index is 0.474. The molecule has 1 saturated carbocycles. The number of nitrogens with one attached hydrogen (secondary N) is 1. The molecule has 1 aliphatic rings. The second-order valence-corrected chi connectivity index (χ2v) is 3.80. The van der Waals surface area contributed by atoms with Crippen molar-refractivity contribution < 1.29 is 0 Å². The molecule has 0 radical (unpaired) electrons. The van der Waals surface area contributed by atoms with Gasteiger partial charge in [0.2, 0.25) is 0 Å². The fourth-order valence-corrected chi connectivity index (χ4v) is 1.73. The van der Waals surface area contributed by atoms with E-state index in [4.69, 9.17) is 5.84 Å². The van der Waals surface area contributed by atoms with E-state index >= 15 is 0 Å². The Morgan fingerprint density at radius 3 is 2.54 bits per heavy atom. The van der Waals surface area contributed by atoms with Gasteiger partial charge in [-0.1, -0.05) is 30.3 Å². The number of nitrogens with two attached hydrogens (primary N) is 1. The van der Waals surface area contributed by atoms with Crippen LogP contribution in [0.25, 0.3) is 0 Å². The normalized spacial score (nSPS) is 18.5. The van der Waals surface area contributed by atoms with Crippen molar-refractivity contribution in [3.63, 3.8) is 0 Å². The first-order valence-electron chi connectivity index (χ1n) is 4.90. The fourth-order valence-electron chi connectivity index (χ4n) is 1.73.